The SMILES string of the molecule is CCCCCOc1ccccc1C#CCCl. The predicted molar refractivity (Wildman–Crippen MR) is 69.1 cm³/mol. The number of ether oxygens (including phenoxy) is 1. The number of alkyl halides is 1. The molecule has 0 atom stereocenters. The molecule has 0 aliphatic heterocycles. The topological polar surface area (TPSA) is 9.23 Å². The Morgan fingerprint density at radius 1 is 1.25 bits per heavy atom. The summed E-state index contributed by atoms with van der Waals surface area (Å²) in [5.74, 6) is 7.05. The molecular formula is C14H17ClO. The van der Waals surface area contributed by atoms with Crippen molar-refractivity contribution >= 4 is 11.6 Å². The fourth-order valence-electron chi connectivity index (χ4n) is 1.36. The van der Waals surface area contributed by atoms with E-state index in [0.29, 0.717) is 5.88 Å². The summed E-state index contributed by atoms with van der Waals surface area (Å²) in [5.41, 5.74) is 0.916. The van der Waals surface area contributed by atoms with Crippen LogP contribution in [0.5, 0.6) is 5.75 Å². The third kappa shape index (κ3) is 4.59. The molecule has 16 heavy (non-hydrogen) atoms. The summed E-state index contributed by atoms with van der Waals surface area (Å²) in [6.45, 7) is 2.94. The minimum absolute atomic E-state index is 0.351. The maximum atomic E-state index is 5.69. The molecule has 0 bridgehead atoms. The van der Waals surface area contributed by atoms with Crippen LogP contribution in [0.1, 0.15) is 31.7 Å². The molecule has 1 aromatic carbocycles. The van der Waals surface area contributed by atoms with Crippen LogP contribution in [0, 0.1) is 11.8 Å². The van der Waals surface area contributed by atoms with E-state index in [2.05, 4.69) is 18.8 Å². The molecule has 0 aromatic heterocycles. The lowest BCUT2D eigenvalue weighted by Gasteiger charge is -2.07. The Morgan fingerprint density at radius 3 is 2.81 bits per heavy atom. The molecule has 0 aliphatic rings. The first-order valence-electron chi connectivity index (χ1n) is 5.65. The van der Waals surface area contributed by atoms with Gasteiger partial charge in [-0.3, -0.25) is 0 Å². The number of para-hydroxylation sites is 1. The minimum Gasteiger partial charge on any atom is -0.492 e. The fraction of sp³-hybridized carbons (Fsp3) is 0.429. The maximum Gasteiger partial charge on any atom is 0.134 e. The first-order chi connectivity index (χ1) is 7.88. The van der Waals surface area contributed by atoms with E-state index in [4.69, 9.17) is 16.3 Å². The molecule has 0 saturated carbocycles. The molecule has 2 heteroatoms. The van der Waals surface area contributed by atoms with Crippen LogP contribution >= 0.6 is 11.6 Å². The van der Waals surface area contributed by atoms with Crippen molar-refractivity contribution < 1.29 is 4.74 Å². The lowest BCUT2D eigenvalue weighted by atomic mass is 10.2. The molecular weight excluding hydrogens is 220 g/mol. The maximum absolute atomic E-state index is 5.69. The van der Waals surface area contributed by atoms with Crippen LogP contribution in [0.4, 0.5) is 0 Å². The van der Waals surface area contributed by atoms with Gasteiger partial charge in [-0.1, -0.05) is 43.7 Å². The summed E-state index contributed by atoms with van der Waals surface area (Å²) in [6.07, 6.45) is 3.50. The standard InChI is InChI=1S/C14H17ClO/c1-2-3-6-12-16-14-10-5-4-8-13(14)9-7-11-15/h4-5,8,10H,2-3,6,11-12H2,1H3. The van der Waals surface area contributed by atoms with E-state index in [9.17, 15) is 0 Å². The van der Waals surface area contributed by atoms with Gasteiger partial charge in [-0.05, 0) is 18.6 Å². The van der Waals surface area contributed by atoms with Gasteiger partial charge in [0.1, 0.15) is 5.75 Å². The smallest absolute Gasteiger partial charge is 0.134 e. The van der Waals surface area contributed by atoms with Gasteiger partial charge in [-0.2, -0.15) is 0 Å². The quantitative estimate of drug-likeness (QED) is 0.429. The Kier molecular flexibility index (Phi) is 6.53. The lowest BCUT2D eigenvalue weighted by molar-refractivity contribution is 0.305. The largest absolute Gasteiger partial charge is 0.492 e. The van der Waals surface area contributed by atoms with E-state index in [-0.39, 0.29) is 0 Å². The average molecular weight is 237 g/mol. The van der Waals surface area contributed by atoms with Crippen LogP contribution in [-0.4, -0.2) is 12.5 Å². The van der Waals surface area contributed by atoms with E-state index in [1.807, 2.05) is 24.3 Å². The molecule has 86 valence electrons. The number of hydrogen-bond donors (Lipinski definition) is 0. The zero-order chi connectivity index (χ0) is 11.6. The van der Waals surface area contributed by atoms with Gasteiger partial charge < -0.3 is 4.74 Å². The summed E-state index contributed by atoms with van der Waals surface area (Å²) < 4.78 is 5.69. The van der Waals surface area contributed by atoms with E-state index in [1.54, 1.807) is 0 Å². The zero-order valence-electron chi connectivity index (χ0n) is 9.63. The molecule has 0 aliphatic carbocycles. The third-order valence-electron chi connectivity index (χ3n) is 2.18. The van der Waals surface area contributed by atoms with Crippen molar-refractivity contribution in [3.8, 4) is 17.6 Å². The van der Waals surface area contributed by atoms with Crippen LogP contribution in [0.25, 0.3) is 0 Å². The van der Waals surface area contributed by atoms with Gasteiger partial charge in [0.15, 0.2) is 0 Å². The van der Waals surface area contributed by atoms with Crippen molar-refractivity contribution in [1.29, 1.82) is 0 Å². The van der Waals surface area contributed by atoms with Crippen molar-refractivity contribution in [2.24, 2.45) is 0 Å². The van der Waals surface area contributed by atoms with Gasteiger partial charge in [0.2, 0.25) is 0 Å². The predicted octanol–water partition coefficient (Wildman–Crippen LogP) is 3.85. The molecule has 0 fully saturated rings. The summed E-state index contributed by atoms with van der Waals surface area (Å²) >= 11 is 5.53. The number of unbranched alkanes of at least 4 members (excludes halogenated alkanes) is 2. The molecule has 0 amide bonds. The van der Waals surface area contributed by atoms with Crippen molar-refractivity contribution in [1.82, 2.24) is 0 Å². The molecule has 1 nitrogen and oxygen atoms in total. The molecule has 0 saturated heterocycles. The molecule has 0 N–H and O–H groups in total. The third-order valence-corrected chi connectivity index (χ3v) is 2.32. The van der Waals surface area contributed by atoms with E-state index >= 15 is 0 Å². The molecule has 0 spiro atoms. The van der Waals surface area contributed by atoms with Gasteiger partial charge in [0.05, 0.1) is 18.1 Å². The highest BCUT2D eigenvalue weighted by molar-refractivity contribution is 6.19. The van der Waals surface area contributed by atoms with Crippen molar-refractivity contribution in [2.75, 3.05) is 12.5 Å². The number of rotatable bonds is 5. The normalized spacial score (nSPS) is 9.38. The number of benzene rings is 1. The second kappa shape index (κ2) is 8.07. The van der Waals surface area contributed by atoms with E-state index in [1.165, 1.54) is 12.8 Å². The monoisotopic (exact) mass is 236 g/mol. The molecule has 0 heterocycles. The first kappa shape index (κ1) is 12.9. The van der Waals surface area contributed by atoms with Gasteiger partial charge in [-0.25, -0.2) is 0 Å². The van der Waals surface area contributed by atoms with Crippen molar-refractivity contribution in [3.63, 3.8) is 0 Å². The van der Waals surface area contributed by atoms with E-state index in [0.717, 1.165) is 24.3 Å². The van der Waals surface area contributed by atoms with Crippen LogP contribution in [0.15, 0.2) is 24.3 Å². The van der Waals surface area contributed by atoms with Crippen LogP contribution in [0.2, 0.25) is 0 Å². The fourth-order valence-corrected chi connectivity index (χ4v) is 1.43. The highest BCUT2D eigenvalue weighted by Gasteiger charge is 1.99. The Hall–Kier alpha value is -1.13. The Morgan fingerprint density at radius 2 is 2.06 bits per heavy atom. The Bertz CT molecular complexity index is 362. The first-order valence-corrected chi connectivity index (χ1v) is 6.18. The van der Waals surface area contributed by atoms with Gasteiger partial charge in [-0.15, -0.1) is 11.6 Å². The lowest BCUT2D eigenvalue weighted by Crippen LogP contribution is -1.98. The van der Waals surface area contributed by atoms with E-state index < -0.39 is 0 Å². The molecule has 0 unspecified atom stereocenters. The Balaban J connectivity index is 2.57. The van der Waals surface area contributed by atoms with Gasteiger partial charge in [0, 0.05) is 0 Å². The van der Waals surface area contributed by atoms with Crippen LogP contribution in [-0.2, 0) is 0 Å². The number of halogens is 1. The summed E-state index contributed by atoms with van der Waals surface area (Å²) in [6, 6.07) is 7.82. The van der Waals surface area contributed by atoms with Gasteiger partial charge >= 0.3 is 0 Å². The summed E-state index contributed by atoms with van der Waals surface area (Å²) in [7, 11) is 0. The van der Waals surface area contributed by atoms with Crippen molar-refractivity contribution in [3.05, 3.63) is 29.8 Å². The molecule has 1 rings (SSSR count). The zero-order valence-corrected chi connectivity index (χ0v) is 10.4. The highest BCUT2D eigenvalue weighted by Crippen LogP contribution is 2.17. The second-order valence-electron chi connectivity index (χ2n) is 3.49. The highest BCUT2D eigenvalue weighted by atomic mass is 35.5. The summed E-state index contributed by atoms with van der Waals surface area (Å²) in [4.78, 5) is 0. The average Bonchev–Trinajstić information content (AvgIpc) is 2.33. The van der Waals surface area contributed by atoms with Crippen molar-refractivity contribution in [2.45, 2.75) is 26.2 Å². The van der Waals surface area contributed by atoms with Gasteiger partial charge in [0.25, 0.3) is 0 Å². The summed E-state index contributed by atoms with van der Waals surface area (Å²) in [5, 5.41) is 0. The molecule has 0 radical (unpaired) electrons. The van der Waals surface area contributed by atoms with Crippen LogP contribution in [0.3, 0.4) is 0 Å². The molecule has 1 aromatic rings. The number of hydrogen-bond acceptors (Lipinski definition) is 1. The van der Waals surface area contributed by atoms with Crippen LogP contribution < -0.4 is 4.74 Å². The minimum atomic E-state index is 0.351. The Labute approximate surface area is 103 Å². The second-order valence-corrected chi connectivity index (χ2v) is 3.75.